The summed E-state index contributed by atoms with van der Waals surface area (Å²) < 4.78 is 7.16. The normalized spacial score (nSPS) is 15.1. The smallest absolute Gasteiger partial charge is 0.289 e. The number of fused-ring (bicyclic) bond motifs is 1. The predicted molar refractivity (Wildman–Crippen MR) is 106 cm³/mol. The van der Waals surface area contributed by atoms with Gasteiger partial charge >= 0.3 is 0 Å². The summed E-state index contributed by atoms with van der Waals surface area (Å²) in [5.41, 5.74) is 1.08. The Hall–Kier alpha value is -1.51. The molecule has 1 aromatic carbocycles. The first-order valence-electron chi connectivity index (χ1n) is 7.89. The molecular weight excluding hydrogens is 422 g/mol. The summed E-state index contributed by atoms with van der Waals surface area (Å²) in [6.45, 7) is 2.90. The van der Waals surface area contributed by atoms with Gasteiger partial charge in [-0.25, -0.2) is 4.98 Å². The second kappa shape index (κ2) is 7.01. The van der Waals surface area contributed by atoms with Gasteiger partial charge in [0.1, 0.15) is 0 Å². The van der Waals surface area contributed by atoms with Crippen molar-refractivity contribution in [2.75, 3.05) is 37.3 Å². The summed E-state index contributed by atoms with van der Waals surface area (Å²) in [5, 5.41) is 1.03. The maximum Gasteiger partial charge on any atom is 0.289 e. The van der Waals surface area contributed by atoms with Gasteiger partial charge in [-0.15, -0.1) is 11.8 Å². The lowest BCUT2D eigenvalue weighted by Gasteiger charge is -2.34. The molecule has 0 saturated carbocycles. The molecule has 1 aliphatic rings. The van der Waals surface area contributed by atoms with Crippen LogP contribution in [0.25, 0.3) is 10.2 Å². The zero-order valence-electron chi connectivity index (χ0n) is 13.6. The lowest BCUT2D eigenvalue weighted by atomic mass is 10.3. The van der Waals surface area contributed by atoms with Crippen molar-refractivity contribution in [1.82, 2.24) is 9.88 Å². The number of thioether (sulfide) groups is 1. The summed E-state index contributed by atoms with van der Waals surface area (Å²) >= 11 is 6.68. The molecule has 4 rings (SSSR count). The Morgan fingerprint density at radius 1 is 1.24 bits per heavy atom. The number of benzene rings is 1. The maximum absolute atomic E-state index is 12.5. The molecule has 0 radical (unpaired) electrons. The van der Waals surface area contributed by atoms with Crippen molar-refractivity contribution >= 4 is 60.3 Å². The third-order valence-corrected chi connectivity index (χ3v) is 6.49. The van der Waals surface area contributed by atoms with E-state index in [1.54, 1.807) is 35.2 Å². The zero-order valence-corrected chi connectivity index (χ0v) is 16.8. The van der Waals surface area contributed by atoms with Gasteiger partial charge in [-0.3, -0.25) is 4.79 Å². The fourth-order valence-electron chi connectivity index (χ4n) is 2.90. The molecule has 0 aliphatic carbocycles. The quantitative estimate of drug-likeness (QED) is 0.570. The first kappa shape index (κ1) is 16.9. The number of carbonyl (C=O) groups excluding carboxylic acids is 1. The number of furan rings is 1. The van der Waals surface area contributed by atoms with Crippen molar-refractivity contribution in [2.24, 2.45) is 0 Å². The molecule has 2 aromatic heterocycles. The molecule has 1 amide bonds. The highest BCUT2D eigenvalue weighted by atomic mass is 79.9. The molecule has 3 aromatic rings. The van der Waals surface area contributed by atoms with Gasteiger partial charge < -0.3 is 14.2 Å². The first-order chi connectivity index (χ1) is 12.2. The van der Waals surface area contributed by atoms with Crippen LogP contribution in [0, 0.1) is 0 Å². The summed E-state index contributed by atoms with van der Waals surface area (Å²) in [6.07, 6.45) is 2.07. The van der Waals surface area contributed by atoms with E-state index in [0.29, 0.717) is 23.5 Å². The largest absolute Gasteiger partial charge is 0.444 e. The number of carbonyl (C=O) groups is 1. The third-order valence-electron chi connectivity index (χ3n) is 4.21. The van der Waals surface area contributed by atoms with Crippen molar-refractivity contribution in [3.8, 4) is 0 Å². The van der Waals surface area contributed by atoms with Crippen LogP contribution in [0.5, 0.6) is 0 Å². The van der Waals surface area contributed by atoms with Gasteiger partial charge in [-0.05, 0) is 46.5 Å². The van der Waals surface area contributed by atoms with Crippen molar-refractivity contribution in [3.63, 3.8) is 0 Å². The van der Waals surface area contributed by atoms with Crippen LogP contribution >= 0.6 is 39.0 Å². The van der Waals surface area contributed by atoms with Crippen LogP contribution < -0.4 is 4.90 Å². The zero-order chi connectivity index (χ0) is 17.4. The van der Waals surface area contributed by atoms with E-state index in [0.717, 1.165) is 23.7 Å². The predicted octanol–water partition coefficient (Wildman–Crippen LogP) is 4.34. The topological polar surface area (TPSA) is 49.6 Å². The molecular formula is C17H16BrN3O2S2. The molecule has 3 heterocycles. The lowest BCUT2D eigenvalue weighted by molar-refractivity contribution is 0.0713. The molecule has 5 nitrogen and oxygen atoms in total. The van der Waals surface area contributed by atoms with Crippen LogP contribution in [0.15, 0.2) is 44.3 Å². The second-order valence-corrected chi connectivity index (χ2v) is 8.33. The highest BCUT2D eigenvalue weighted by Crippen LogP contribution is 2.34. The lowest BCUT2D eigenvalue weighted by Crippen LogP contribution is -2.48. The Morgan fingerprint density at radius 3 is 2.72 bits per heavy atom. The average Bonchev–Trinajstić information content (AvgIpc) is 3.27. The maximum atomic E-state index is 12.5. The van der Waals surface area contributed by atoms with Crippen LogP contribution in [0.2, 0.25) is 0 Å². The molecule has 1 saturated heterocycles. The van der Waals surface area contributed by atoms with E-state index < -0.39 is 0 Å². The van der Waals surface area contributed by atoms with E-state index in [-0.39, 0.29) is 5.91 Å². The Bertz CT molecular complexity index is 916. The molecule has 130 valence electrons. The molecule has 0 bridgehead atoms. The van der Waals surface area contributed by atoms with Crippen molar-refractivity contribution in [3.05, 3.63) is 40.8 Å². The van der Waals surface area contributed by atoms with Crippen molar-refractivity contribution in [1.29, 1.82) is 0 Å². The highest BCUT2D eigenvalue weighted by molar-refractivity contribution is 9.10. The molecule has 25 heavy (non-hydrogen) atoms. The number of anilines is 1. The van der Waals surface area contributed by atoms with E-state index in [2.05, 4.69) is 45.3 Å². The minimum atomic E-state index is -0.0562. The van der Waals surface area contributed by atoms with Gasteiger partial charge in [-0.2, -0.15) is 0 Å². The van der Waals surface area contributed by atoms with Gasteiger partial charge in [0, 0.05) is 31.1 Å². The number of amides is 1. The van der Waals surface area contributed by atoms with Crippen LogP contribution in [0.1, 0.15) is 10.6 Å². The third kappa shape index (κ3) is 3.30. The average molecular weight is 438 g/mol. The van der Waals surface area contributed by atoms with Crippen LogP contribution in [-0.4, -0.2) is 48.2 Å². The number of rotatable bonds is 3. The van der Waals surface area contributed by atoms with Gasteiger partial charge in [-0.1, -0.05) is 17.4 Å². The number of thiazole rings is 1. The van der Waals surface area contributed by atoms with Gasteiger partial charge in [0.25, 0.3) is 5.91 Å². The molecule has 0 N–H and O–H groups in total. The number of hydrogen-bond acceptors (Lipinski definition) is 6. The summed E-state index contributed by atoms with van der Waals surface area (Å²) in [7, 11) is 0. The van der Waals surface area contributed by atoms with Gasteiger partial charge in [0.15, 0.2) is 15.6 Å². The molecule has 0 atom stereocenters. The minimum absolute atomic E-state index is 0.0562. The molecule has 0 unspecified atom stereocenters. The standard InChI is InChI=1S/C17H16BrN3O2S2/c1-24-12-3-2-4-13-15(12)19-17(25-13)21-9-7-20(8-10-21)16(22)11-5-6-14(18)23-11/h2-6H,7-10H2,1H3. The Balaban J connectivity index is 1.47. The monoisotopic (exact) mass is 437 g/mol. The van der Waals surface area contributed by atoms with E-state index in [9.17, 15) is 4.79 Å². The number of piperazine rings is 1. The van der Waals surface area contributed by atoms with Crippen molar-refractivity contribution in [2.45, 2.75) is 4.90 Å². The summed E-state index contributed by atoms with van der Waals surface area (Å²) in [6, 6.07) is 9.75. The van der Waals surface area contributed by atoms with Gasteiger partial charge in [0.05, 0.1) is 10.2 Å². The van der Waals surface area contributed by atoms with Gasteiger partial charge in [0.2, 0.25) is 0 Å². The number of hydrogen-bond donors (Lipinski definition) is 0. The molecule has 1 fully saturated rings. The Morgan fingerprint density at radius 2 is 2.04 bits per heavy atom. The van der Waals surface area contributed by atoms with E-state index in [1.165, 1.54) is 9.60 Å². The first-order valence-corrected chi connectivity index (χ1v) is 10.7. The fourth-order valence-corrected chi connectivity index (χ4v) is 4.88. The second-order valence-electron chi connectivity index (χ2n) is 5.69. The fraction of sp³-hybridized carbons (Fsp3) is 0.294. The Kier molecular flexibility index (Phi) is 4.75. The highest BCUT2D eigenvalue weighted by Gasteiger charge is 2.25. The minimum Gasteiger partial charge on any atom is -0.444 e. The van der Waals surface area contributed by atoms with E-state index in [1.807, 2.05) is 4.90 Å². The van der Waals surface area contributed by atoms with Crippen LogP contribution in [0.4, 0.5) is 5.13 Å². The van der Waals surface area contributed by atoms with E-state index in [4.69, 9.17) is 9.40 Å². The van der Waals surface area contributed by atoms with Crippen LogP contribution in [0.3, 0.4) is 0 Å². The number of para-hydroxylation sites is 1. The van der Waals surface area contributed by atoms with Crippen molar-refractivity contribution < 1.29 is 9.21 Å². The number of halogens is 1. The number of aromatic nitrogens is 1. The number of nitrogens with zero attached hydrogens (tertiary/aromatic N) is 3. The van der Waals surface area contributed by atoms with E-state index >= 15 is 0 Å². The SMILES string of the molecule is CSc1cccc2sc(N3CCN(C(=O)c4ccc(Br)o4)CC3)nc12. The molecule has 0 spiro atoms. The summed E-state index contributed by atoms with van der Waals surface area (Å²) in [4.78, 5) is 22.6. The molecule has 8 heteroatoms. The van der Waals surface area contributed by atoms with Crippen LogP contribution in [-0.2, 0) is 0 Å². The molecule has 1 aliphatic heterocycles. The summed E-state index contributed by atoms with van der Waals surface area (Å²) in [5.74, 6) is 0.323. The Labute approximate surface area is 162 Å².